The molecule has 0 N–H and O–H groups in total. The fraction of sp³-hybridized carbons (Fsp3) is 0.647. The van der Waals surface area contributed by atoms with Gasteiger partial charge in [-0.25, -0.2) is 9.78 Å². The Labute approximate surface area is 143 Å². The monoisotopic (exact) mass is 339 g/mol. The summed E-state index contributed by atoms with van der Waals surface area (Å²) in [5, 5.41) is 0.435. The third-order valence-electron chi connectivity index (χ3n) is 3.80. The zero-order chi connectivity index (χ0) is 17.4. The van der Waals surface area contributed by atoms with Crippen LogP contribution >= 0.6 is 11.6 Å². The second-order valence-corrected chi connectivity index (χ2v) is 7.04. The lowest BCUT2D eigenvalue weighted by atomic mass is 10.1. The molecule has 2 bridgehead atoms. The molecule has 0 saturated carbocycles. The molecule has 1 aromatic heterocycles. The number of amides is 1. The van der Waals surface area contributed by atoms with Crippen molar-refractivity contribution in [3.8, 4) is 0 Å². The van der Waals surface area contributed by atoms with Crippen LogP contribution in [0.4, 0.5) is 16.3 Å². The van der Waals surface area contributed by atoms with Gasteiger partial charge in [-0.2, -0.15) is 0 Å². The van der Waals surface area contributed by atoms with E-state index in [2.05, 4.69) is 9.88 Å². The van der Waals surface area contributed by atoms with E-state index in [1.54, 1.807) is 4.90 Å². The first-order chi connectivity index (χ1) is 10.8. The van der Waals surface area contributed by atoms with Crippen molar-refractivity contribution in [2.45, 2.75) is 59.6 Å². The first-order valence-electron chi connectivity index (χ1n) is 8.20. The molecule has 0 aromatic carbocycles. The van der Waals surface area contributed by atoms with Gasteiger partial charge in [-0.05, 0) is 45.7 Å². The van der Waals surface area contributed by atoms with Gasteiger partial charge >= 0.3 is 6.09 Å². The van der Waals surface area contributed by atoms with E-state index in [1.807, 2.05) is 47.6 Å². The molecule has 1 aromatic rings. The maximum Gasteiger partial charge on any atom is 0.416 e. The SMILES string of the molecule is CC.Cc1cc2c(nc1Cl)N(C(=O)OC(C)(C)C)C1CCN2C1. The molecule has 1 unspecified atom stereocenters. The lowest BCUT2D eigenvalue weighted by Crippen LogP contribution is -2.48. The average molecular weight is 340 g/mol. The van der Waals surface area contributed by atoms with Crippen LogP contribution in [0.1, 0.15) is 46.6 Å². The number of halogens is 1. The van der Waals surface area contributed by atoms with Crippen LogP contribution in [0.2, 0.25) is 5.15 Å². The molecular weight excluding hydrogens is 314 g/mol. The van der Waals surface area contributed by atoms with Gasteiger partial charge in [-0.15, -0.1) is 0 Å². The molecule has 6 heteroatoms. The van der Waals surface area contributed by atoms with E-state index in [4.69, 9.17) is 16.3 Å². The molecule has 3 heterocycles. The summed E-state index contributed by atoms with van der Waals surface area (Å²) in [5.74, 6) is 0.619. The minimum absolute atomic E-state index is 0.110. The maximum atomic E-state index is 12.6. The number of aryl methyl sites for hydroxylation is 1. The Kier molecular flexibility index (Phi) is 5.09. The van der Waals surface area contributed by atoms with Crippen molar-refractivity contribution in [2.24, 2.45) is 0 Å². The number of hydrogen-bond acceptors (Lipinski definition) is 4. The van der Waals surface area contributed by atoms with E-state index in [-0.39, 0.29) is 12.1 Å². The number of fused-ring (bicyclic) bond motifs is 4. The number of hydrogen-bond donors (Lipinski definition) is 0. The molecule has 0 aliphatic carbocycles. The minimum atomic E-state index is -0.526. The Morgan fingerprint density at radius 3 is 2.65 bits per heavy atom. The third-order valence-corrected chi connectivity index (χ3v) is 4.18. The van der Waals surface area contributed by atoms with Gasteiger partial charge in [0.25, 0.3) is 0 Å². The number of aromatic nitrogens is 1. The molecule has 1 saturated heterocycles. The van der Waals surface area contributed by atoms with Crippen LogP contribution in [0, 0.1) is 6.92 Å². The summed E-state index contributed by atoms with van der Waals surface area (Å²) >= 11 is 6.16. The number of ether oxygens (including phenoxy) is 1. The van der Waals surface area contributed by atoms with Crippen LogP contribution < -0.4 is 9.80 Å². The Balaban J connectivity index is 0.000000924. The standard InChI is InChI=1S/C15H20ClN3O2.C2H6/c1-9-7-11-13(17-12(9)16)19(10-5-6-18(11)8-10)14(20)21-15(2,3)4;1-2/h7,10H,5-6,8H2,1-4H3;1-2H3. The highest BCUT2D eigenvalue weighted by Crippen LogP contribution is 2.41. The first-order valence-corrected chi connectivity index (χ1v) is 8.58. The van der Waals surface area contributed by atoms with Crippen LogP contribution in [0.15, 0.2) is 6.07 Å². The molecular formula is C17H26ClN3O2. The van der Waals surface area contributed by atoms with Gasteiger partial charge in [0.2, 0.25) is 0 Å². The quantitative estimate of drug-likeness (QED) is 0.657. The molecule has 1 amide bonds. The molecule has 2 aliphatic rings. The summed E-state index contributed by atoms with van der Waals surface area (Å²) in [6.07, 6.45) is 0.578. The van der Waals surface area contributed by atoms with Crippen molar-refractivity contribution in [1.29, 1.82) is 0 Å². The Morgan fingerprint density at radius 1 is 1.39 bits per heavy atom. The molecule has 128 valence electrons. The Bertz CT molecular complexity index is 598. The van der Waals surface area contributed by atoms with E-state index >= 15 is 0 Å². The Hall–Kier alpha value is -1.49. The average Bonchev–Trinajstić information content (AvgIpc) is 2.87. The number of carbonyl (C=O) groups excluding carboxylic acids is 1. The van der Waals surface area contributed by atoms with E-state index in [0.717, 1.165) is 30.8 Å². The lowest BCUT2D eigenvalue weighted by Gasteiger charge is -2.36. The summed E-state index contributed by atoms with van der Waals surface area (Å²) < 4.78 is 5.54. The van der Waals surface area contributed by atoms with Crippen LogP contribution in [-0.2, 0) is 4.74 Å². The number of pyridine rings is 1. The zero-order valence-electron chi connectivity index (χ0n) is 14.8. The van der Waals surface area contributed by atoms with Crippen LogP contribution in [0.5, 0.6) is 0 Å². The summed E-state index contributed by atoms with van der Waals surface area (Å²) in [5.41, 5.74) is 1.36. The summed E-state index contributed by atoms with van der Waals surface area (Å²) in [6.45, 7) is 13.3. The summed E-state index contributed by atoms with van der Waals surface area (Å²) in [4.78, 5) is 20.9. The Morgan fingerprint density at radius 2 is 2.04 bits per heavy atom. The molecule has 0 radical (unpaired) electrons. The third kappa shape index (κ3) is 3.55. The normalized spacial score (nSPS) is 19.0. The molecule has 0 spiro atoms. The van der Waals surface area contributed by atoms with Gasteiger partial charge in [0.1, 0.15) is 10.8 Å². The number of nitrogens with zero attached hydrogens (tertiary/aromatic N) is 3. The van der Waals surface area contributed by atoms with Crippen LogP contribution in [-0.4, -0.2) is 35.8 Å². The van der Waals surface area contributed by atoms with Crippen molar-refractivity contribution < 1.29 is 9.53 Å². The predicted molar refractivity (Wildman–Crippen MR) is 94.7 cm³/mol. The highest BCUT2D eigenvalue weighted by atomic mass is 35.5. The molecule has 2 aliphatic heterocycles. The van der Waals surface area contributed by atoms with Gasteiger partial charge in [0, 0.05) is 13.1 Å². The smallest absolute Gasteiger partial charge is 0.416 e. The first kappa shape index (κ1) is 17.9. The van der Waals surface area contributed by atoms with Gasteiger partial charge in [-0.3, -0.25) is 4.90 Å². The van der Waals surface area contributed by atoms with Gasteiger partial charge in [0.05, 0.1) is 11.7 Å². The minimum Gasteiger partial charge on any atom is -0.443 e. The lowest BCUT2D eigenvalue weighted by molar-refractivity contribution is 0.0566. The molecule has 1 atom stereocenters. The van der Waals surface area contributed by atoms with Crippen LogP contribution in [0.25, 0.3) is 0 Å². The fourth-order valence-corrected chi connectivity index (χ4v) is 3.00. The van der Waals surface area contributed by atoms with E-state index < -0.39 is 5.60 Å². The second-order valence-electron chi connectivity index (χ2n) is 6.68. The maximum absolute atomic E-state index is 12.6. The molecule has 3 rings (SSSR count). The highest BCUT2D eigenvalue weighted by Gasteiger charge is 2.42. The van der Waals surface area contributed by atoms with E-state index in [9.17, 15) is 4.79 Å². The summed E-state index contributed by atoms with van der Waals surface area (Å²) in [7, 11) is 0. The van der Waals surface area contributed by atoms with Gasteiger partial charge in [-0.1, -0.05) is 25.4 Å². The topological polar surface area (TPSA) is 45.7 Å². The van der Waals surface area contributed by atoms with Crippen molar-refractivity contribution in [3.05, 3.63) is 16.8 Å². The highest BCUT2D eigenvalue weighted by molar-refractivity contribution is 6.30. The van der Waals surface area contributed by atoms with Crippen molar-refractivity contribution in [3.63, 3.8) is 0 Å². The second kappa shape index (κ2) is 6.56. The van der Waals surface area contributed by atoms with Gasteiger partial charge < -0.3 is 9.64 Å². The molecule has 23 heavy (non-hydrogen) atoms. The van der Waals surface area contributed by atoms with E-state index in [1.165, 1.54) is 0 Å². The van der Waals surface area contributed by atoms with Crippen LogP contribution in [0.3, 0.4) is 0 Å². The summed E-state index contributed by atoms with van der Waals surface area (Å²) in [6, 6.07) is 2.11. The molecule has 5 nitrogen and oxygen atoms in total. The van der Waals surface area contributed by atoms with Crippen molar-refractivity contribution >= 4 is 29.2 Å². The van der Waals surface area contributed by atoms with Crippen molar-refractivity contribution in [2.75, 3.05) is 22.9 Å². The predicted octanol–water partition coefficient (Wildman–Crippen LogP) is 4.40. The van der Waals surface area contributed by atoms with E-state index in [0.29, 0.717) is 11.0 Å². The number of carbonyl (C=O) groups is 1. The number of anilines is 2. The number of rotatable bonds is 0. The van der Waals surface area contributed by atoms with Crippen molar-refractivity contribution in [1.82, 2.24) is 4.98 Å². The zero-order valence-corrected chi connectivity index (χ0v) is 15.6. The van der Waals surface area contributed by atoms with Gasteiger partial charge in [0.15, 0.2) is 5.82 Å². The largest absolute Gasteiger partial charge is 0.443 e. The fourth-order valence-electron chi connectivity index (χ4n) is 2.87. The molecule has 1 fully saturated rings.